The van der Waals surface area contributed by atoms with Gasteiger partial charge in [-0.05, 0) is 116 Å². The van der Waals surface area contributed by atoms with Gasteiger partial charge in [-0.15, -0.1) is 34.0 Å². The summed E-state index contributed by atoms with van der Waals surface area (Å²) in [5.41, 5.74) is 62.6. The summed E-state index contributed by atoms with van der Waals surface area (Å²) in [6.07, 6.45) is 18.6. The van der Waals surface area contributed by atoms with E-state index in [1.807, 2.05) is 67.1 Å². The number of aromatic amines is 1. The summed E-state index contributed by atoms with van der Waals surface area (Å²) in [6.45, 7) is 34.1. The Morgan fingerprint density at radius 3 is 1.58 bits per heavy atom. The van der Waals surface area contributed by atoms with Crippen LogP contribution in [0.3, 0.4) is 0 Å². The van der Waals surface area contributed by atoms with Crippen LogP contribution in [0.1, 0.15) is 203 Å². The van der Waals surface area contributed by atoms with Crippen LogP contribution < -0.4 is 45.9 Å². The molecule has 0 aliphatic heterocycles. The van der Waals surface area contributed by atoms with Crippen molar-refractivity contribution in [3.8, 4) is 11.1 Å². The highest BCUT2D eigenvalue weighted by atomic mass is 32.1. The summed E-state index contributed by atoms with van der Waals surface area (Å²) in [5, 5.41) is 30.1. The van der Waals surface area contributed by atoms with Gasteiger partial charge in [-0.25, -0.2) is 54.8 Å². The molecule has 17 N–H and O–H groups in total. The molecule has 0 atom stereocenters. The van der Waals surface area contributed by atoms with E-state index in [1.54, 1.807) is 63.5 Å². The van der Waals surface area contributed by atoms with Crippen molar-refractivity contribution >= 4 is 166 Å². The second kappa shape index (κ2) is 36.4. The molecule has 0 aliphatic rings. The van der Waals surface area contributed by atoms with Gasteiger partial charge in [-0.3, -0.25) is 19.4 Å². The van der Waals surface area contributed by atoms with Crippen LogP contribution in [0.15, 0.2) is 132 Å². The third kappa shape index (κ3) is 18.4. The van der Waals surface area contributed by atoms with E-state index in [-0.39, 0.29) is 0 Å². The number of fused-ring (bicyclic) bond motifs is 8. The molecule has 0 saturated heterocycles. The second-order valence-corrected chi connectivity index (χ2v) is 32.2. The Kier molecular flexibility index (Phi) is 26.8. The lowest BCUT2D eigenvalue weighted by Gasteiger charge is -2.07. The smallest absolute Gasteiger partial charge is 0.186 e. The van der Waals surface area contributed by atoms with E-state index >= 15 is 0 Å². The Morgan fingerprint density at radius 1 is 0.398 bits per heavy atom. The molecule has 0 radical (unpaired) electrons. The number of nitrogens with zero attached hydrogens (tertiary/aromatic N) is 18. The molecule has 0 amide bonds. The predicted octanol–water partition coefficient (Wildman–Crippen LogP) is 18.1. The quantitative estimate of drug-likeness (QED) is 0.0648. The van der Waals surface area contributed by atoms with Gasteiger partial charge in [0.25, 0.3) is 0 Å². The zero-order valence-corrected chi connectivity index (χ0v) is 70.0. The van der Waals surface area contributed by atoms with Gasteiger partial charge in [0.05, 0.1) is 50.1 Å². The average Bonchev–Trinajstić information content (AvgIpc) is 1.65. The van der Waals surface area contributed by atoms with E-state index in [0.29, 0.717) is 99.5 Å². The lowest BCUT2D eigenvalue weighted by Crippen LogP contribution is -1.95. The number of rotatable bonds is 9. The van der Waals surface area contributed by atoms with Crippen LogP contribution in [0.25, 0.3) is 96.5 Å². The fourth-order valence-corrected chi connectivity index (χ4v) is 16.4. The summed E-state index contributed by atoms with van der Waals surface area (Å²) in [4.78, 5) is 50.1. The lowest BCUT2D eigenvalue weighted by molar-refractivity contribution is 0.606. The van der Waals surface area contributed by atoms with Crippen LogP contribution in [0.2, 0.25) is 0 Å². The van der Waals surface area contributed by atoms with Crippen molar-refractivity contribution in [3.63, 3.8) is 0 Å². The summed E-state index contributed by atoms with van der Waals surface area (Å²) in [6, 6.07) is 14.1. The molecule has 0 fully saturated rings. The molecular weight excluding hydrogens is 1480 g/mol. The predicted molar refractivity (Wildman–Crippen MR) is 469 cm³/mol. The molecular formula is C82H103N27OS3. The number of H-pyrrole nitrogens is 1. The van der Waals surface area contributed by atoms with Crippen molar-refractivity contribution in [1.29, 1.82) is 0 Å². The molecule has 0 bridgehead atoms. The first-order chi connectivity index (χ1) is 53.8. The molecule has 31 heteroatoms. The zero-order chi connectivity index (χ0) is 82.0. The van der Waals surface area contributed by atoms with Crippen LogP contribution in [0.5, 0.6) is 0 Å². The van der Waals surface area contributed by atoms with Gasteiger partial charge in [-0.1, -0.05) is 129 Å². The third-order valence-electron chi connectivity index (χ3n) is 18.8. The first-order valence-electron chi connectivity index (χ1n) is 37.2. The normalized spacial score (nSPS) is 11.4. The minimum atomic E-state index is 0.326. The molecule has 16 aromatic heterocycles. The molecule has 0 unspecified atom stereocenters. The number of hydrogen-bond acceptors (Lipinski definition) is 27. The number of aromatic nitrogens is 19. The molecule has 0 spiro atoms. The largest absolute Gasteiger partial charge is 0.464 e. The van der Waals surface area contributed by atoms with Crippen molar-refractivity contribution in [2.75, 3.05) is 45.9 Å². The van der Waals surface area contributed by atoms with Gasteiger partial charge >= 0.3 is 0 Å². The van der Waals surface area contributed by atoms with Crippen molar-refractivity contribution in [1.82, 2.24) is 94.1 Å². The maximum absolute atomic E-state index is 6.07. The van der Waals surface area contributed by atoms with Crippen LogP contribution in [0.4, 0.5) is 46.5 Å². The molecule has 28 nitrogen and oxygen atoms in total. The number of thiophene rings is 3. The van der Waals surface area contributed by atoms with Gasteiger partial charge in [0, 0.05) is 101 Å². The zero-order valence-electron chi connectivity index (χ0n) is 67.5. The number of benzene rings is 1. The van der Waals surface area contributed by atoms with Gasteiger partial charge in [0.1, 0.15) is 82.1 Å². The topological polar surface area (TPSA) is 445 Å². The highest BCUT2D eigenvalue weighted by Crippen LogP contribution is 2.41. The van der Waals surface area contributed by atoms with Crippen LogP contribution in [-0.4, -0.2) is 94.1 Å². The summed E-state index contributed by atoms with van der Waals surface area (Å²) < 4.78 is 13.4. The van der Waals surface area contributed by atoms with E-state index in [2.05, 4.69) is 232 Å². The number of aryl methyl sites for hydroxylation is 3. The summed E-state index contributed by atoms with van der Waals surface area (Å²) in [7, 11) is 5.75. The SMILES string of the molecule is CC(C)c1[nH]nc2ncnc(N)c12.CC(C)c1cccc2c1c(N)nn2C.CC(C)c1cn(C)c2ncnc(N)c12.CC(C)c1coc2ccnc(N)c12.CC(C)c1csc2c(-c3cccnc3)cnc(N)c12.CC(C)c1csc2ccnc(N)c12.CC(C)c1csc2ncnc(N)c12.CC(C)c1nn(C)c2ncnc(N)c12. The number of pyridine rings is 4. The van der Waals surface area contributed by atoms with Crippen molar-refractivity contribution in [3.05, 3.63) is 172 Å². The highest BCUT2D eigenvalue weighted by Gasteiger charge is 2.21. The summed E-state index contributed by atoms with van der Waals surface area (Å²) >= 11 is 5.09. The Labute approximate surface area is 668 Å². The molecule has 113 heavy (non-hydrogen) atoms. The van der Waals surface area contributed by atoms with Crippen molar-refractivity contribution < 1.29 is 4.42 Å². The van der Waals surface area contributed by atoms with Crippen LogP contribution in [-0.2, 0) is 21.1 Å². The first kappa shape index (κ1) is 83.4. The Hall–Kier alpha value is -12.1. The number of nitrogens with two attached hydrogens (primary N) is 8. The molecule has 0 saturated carbocycles. The van der Waals surface area contributed by atoms with Crippen LogP contribution >= 0.6 is 34.0 Å². The van der Waals surface area contributed by atoms with Gasteiger partial charge in [-0.2, -0.15) is 15.3 Å². The van der Waals surface area contributed by atoms with E-state index < -0.39 is 0 Å². The third-order valence-corrected chi connectivity index (χ3v) is 21.7. The average molecular weight is 1580 g/mol. The molecule has 590 valence electrons. The minimum Gasteiger partial charge on any atom is -0.464 e. The van der Waals surface area contributed by atoms with Crippen LogP contribution in [0, 0.1) is 0 Å². The Bertz CT molecular complexity index is 5620. The number of furan rings is 1. The molecule has 16 heterocycles. The van der Waals surface area contributed by atoms with Gasteiger partial charge in [0.15, 0.2) is 17.1 Å². The highest BCUT2D eigenvalue weighted by molar-refractivity contribution is 7.18. The van der Waals surface area contributed by atoms with Gasteiger partial charge < -0.3 is 54.9 Å². The Morgan fingerprint density at radius 2 is 0.947 bits per heavy atom. The Balaban J connectivity index is 0.000000137. The number of anilines is 8. The molecule has 0 aliphatic carbocycles. The van der Waals surface area contributed by atoms with E-state index in [1.165, 1.54) is 62.5 Å². The second-order valence-electron chi connectivity index (χ2n) is 29.5. The fraction of sp³-hybridized carbons (Fsp3) is 0.329. The van der Waals surface area contributed by atoms with Crippen molar-refractivity contribution in [2.45, 2.75) is 158 Å². The van der Waals surface area contributed by atoms with E-state index in [9.17, 15) is 0 Å². The minimum absolute atomic E-state index is 0.326. The molecule has 1 aromatic carbocycles. The van der Waals surface area contributed by atoms with E-state index in [4.69, 9.17) is 50.3 Å². The maximum atomic E-state index is 6.07. The molecule has 17 rings (SSSR count). The lowest BCUT2D eigenvalue weighted by atomic mass is 9.99. The summed E-state index contributed by atoms with van der Waals surface area (Å²) in [5.74, 6) is 8.04. The maximum Gasteiger partial charge on any atom is 0.186 e. The number of nitrogen functional groups attached to an aromatic ring is 8. The molecule has 17 aromatic rings. The van der Waals surface area contributed by atoms with Gasteiger partial charge in [0.2, 0.25) is 0 Å². The number of hydrogen-bond donors (Lipinski definition) is 9. The monoisotopic (exact) mass is 1580 g/mol. The first-order valence-corrected chi connectivity index (χ1v) is 39.9. The van der Waals surface area contributed by atoms with E-state index in [0.717, 1.165) is 98.4 Å². The standard InChI is InChI=1S/C15H15N3S.C11H15N3.C10H14N4.C10H12N2O.C10H12N2S.C9H13N5.C9H11N3S.C8H11N5/c1-9(2)12-8-19-14-11(7-18-15(16)13(12)14)10-4-3-5-17-6-10;1-7(2)8-5-4-6-9-10(8)11(12)13-14(9)3;1-6(2)7-4-14(3)10-8(7)9(11)12-5-13-10;2*1-6(2)7-5-13-8-3-4-12-10(11)9(7)8;1-5(2)7-6-8(10)11-4-12-9(6)14(3)13-7;1-5(2)6-3-13-9-7(6)8(10)11-4-12-9;1-4(2)6-5-7(9)10-3-11-8(5)13-12-6/h3-9H,1-2H3,(H2,16,18);4-7H,1-3H3,(H2,12,13);4-6H,1-3H3,(H2,11,12,13);2*3-6H,1-2H3,(H2,11,12);4-5H,1-3H3,(H2,10,11,12);3-5H,1-2H3,(H2,10,11,12);3-4H,1-2H3,(H3,9,10,11,12,13). The van der Waals surface area contributed by atoms with Crippen molar-refractivity contribution in [2.24, 2.45) is 21.1 Å². The number of nitrogens with one attached hydrogen (secondary N) is 1. The fourth-order valence-electron chi connectivity index (χ4n) is 12.9.